The summed E-state index contributed by atoms with van der Waals surface area (Å²) in [5, 5.41) is 6.83. The van der Waals surface area contributed by atoms with Crippen molar-refractivity contribution >= 4 is 23.3 Å². The van der Waals surface area contributed by atoms with Crippen molar-refractivity contribution in [1.29, 1.82) is 0 Å². The lowest BCUT2D eigenvalue weighted by atomic mass is 10.0. The summed E-state index contributed by atoms with van der Waals surface area (Å²) in [6.45, 7) is 2.11. The minimum absolute atomic E-state index is 0.0187. The van der Waals surface area contributed by atoms with Crippen LogP contribution in [-0.4, -0.2) is 34.2 Å². The van der Waals surface area contributed by atoms with E-state index in [9.17, 15) is 4.79 Å². The second-order valence-corrected chi connectivity index (χ2v) is 5.55. The molecule has 2 aromatic rings. The van der Waals surface area contributed by atoms with E-state index in [1.807, 2.05) is 30.5 Å². The SMILES string of the molecule is CC(=O)OCCNC(=S)NC(Cc1ccncc1)c1cccnc1. The molecule has 2 rings (SSSR count). The molecule has 0 saturated carbocycles. The molecular weight excluding hydrogens is 324 g/mol. The maximum atomic E-state index is 10.7. The molecule has 0 fully saturated rings. The highest BCUT2D eigenvalue weighted by Crippen LogP contribution is 2.17. The van der Waals surface area contributed by atoms with Gasteiger partial charge in [0.15, 0.2) is 5.11 Å². The molecule has 0 spiro atoms. The first-order chi connectivity index (χ1) is 11.6. The third kappa shape index (κ3) is 6.29. The van der Waals surface area contributed by atoms with Crippen LogP contribution in [0.25, 0.3) is 0 Å². The Kier molecular flexibility index (Phi) is 7.10. The maximum absolute atomic E-state index is 10.7. The molecule has 126 valence electrons. The summed E-state index contributed by atoms with van der Waals surface area (Å²) in [7, 11) is 0. The second-order valence-electron chi connectivity index (χ2n) is 5.14. The summed E-state index contributed by atoms with van der Waals surface area (Å²) < 4.78 is 4.87. The Morgan fingerprint density at radius 1 is 1.25 bits per heavy atom. The molecule has 0 aliphatic rings. The molecule has 2 aromatic heterocycles. The number of nitrogens with one attached hydrogen (secondary N) is 2. The monoisotopic (exact) mass is 344 g/mol. The molecular formula is C17H20N4O2S. The van der Waals surface area contributed by atoms with Gasteiger partial charge in [0.05, 0.1) is 12.6 Å². The standard InChI is InChI=1S/C17H20N4O2S/c1-13(22)23-10-9-20-17(24)21-16(15-3-2-6-19-12-15)11-14-4-7-18-8-5-14/h2-8,12,16H,9-11H2,1H3,(H2,20,21,24). The van der Waals surface area contributed by atoms with E-state index in [0.717, 1.165) is 17.5 Å². The third-order valence-corrected chi connectivity index (χ3v) is 3.54. The van der Waals surface area contributed by atoms with Crippen LogP contribution in [0, 0.1) is 0 Å². The van der Waals surface area contributed by atoms with Gasteiger partial charge in [-0.15, -0.1) is 0 Å². The number of hydrogen-bond acceptors (Lipinski definition) is 5. The summed E-state index contributed by atoms with van der Waals surface area (Å²) in [5.74, 6) is -0.304. The number of thiocarbonyl (C=S) groups is 1. The van der Waals surface area contributed by atoms with Gasteiger partial charge in [-0.05, 0) is 48.0 Å². The Hall–Kier alpha value is -2.54. The lowest BCUT2D eigenvalue weighted by Crippen LogP contribution is -2.40. The van der Waals surface area contributed by atoms with Gasteiger partial charge in [-0.3, -0.25) is 14.8 Å². The van der Waals surface area contributed by atoms with Gasteiger partial charge in [-0.1, -0.05) is 6.07 Å². The molecule has 0 aromatic carbocycles. The second kappa shape index (κ2) is 9.57. The highest BCUT2D eigenvalue weighted by molar-refractivity contribution is 7.80. The van der Waals surface area contributed by atoms with Crippen LogP contribution in [0.4, 0.5) is 0 Å². The summed E-state index contributed by atoms with van der Waals surface area (Å²) in [6.07, 6.45) is 7.85. The van der Waals surface area contributed by atoms with Crippen LogP contribution in [0.5, 0.6) is 0 Å². The van der Waals surface area contributed by atoms with Crippen LogP contribution in [0.2, 0.25) is 0 Å². The van der Waals surface area contributed by atoms with Crippen molar-refractivity contribution < 1.29 is 9.53 Å². The molecule has 24 heavy (non-hydrogen) atoms. The topological polar surface area (TPSA) is 76.1 Å². The number of aromatic nitrogens is 2. The fraction of sp³-hybridized carbons (Fsp3) is 0.294. The molecule has 1 atom stereocenters. The summed E-state index contributed by atoms with van der Waals surface area (Å²) in [5.41, 5.74) is 2.19. The lowest BCUT2D eigenvalue weighted by molar-refractivity contribution is -0.140. The minimum Gasteiger partial charge on any atom is -0.464 e. The van der Waals surface area contributed by atoms with Gasteiger partial charge in [0, 0.05) is 31.7 Å². The largest absolute Gasteiger partial charge is 0.464 e. The van der Waals surface area contributed by atoms with E-state index in [1.165, 1.54) is 6.92 Å². The Labute approximate surface area is 146 Å². The van der Waals surface area contributed by atoms with E-state index in [-0.39, 0.29) is 18.6 Å². The molecule has 7 heteroatoms. The zero-order chi connectivity index (χ0) is 17.2. The van der Waals surface area contributed by atoms with E-state index in [1.54, 1.807) is 18.6 Å². The third-order valence-electron chi connectivity index (χ3n) is 3.27. The lowest BCUT2D eigenvalue weighted by Gasteiger charge is -2.21. The number of carbonyl (C=O) groups is 1. The zero-order valence-corrected chi connectivity index (χ0v) is 14.3. The van der Waals surface area contributed by atoms with Crippen LogP contribution in [0.1, 0.15) is 24.1 Å². The molecule has 0 bridgehead atoms. The van der Waals surface area contributed by atoms with E-state index >= 15 is 0 Å². The van der Waals surface area contributed by atoms with Crippen molar-refractivity contribution in [2.45, 2.75) is 19.4 Å². The van der Waals surface area contributed by atoms with E-state index in [2.05, 4.69) is 20.6 Å². The van der Waals surface area contributed by atoms with Crippen molar-refractivity contribution in [1.82, 2.24) is 20.6 Å². The van der Waals surface area contributed by atoms with Gasteiger partial charge in [-0.25, -0.2) is 0 Å². The molecule has 0 radical (unpaired) electrons. The predicted octanol–water partition coefficient (Wildman–Crippen LogP) is 1.79. The summed E-state index contributed by atoms with van der Waals surface area (Å²) in [4.78, 5) is 19.0. The van der Waals surface area contributed by atoms with Gasteiger partial charge < -0.3 is 15.4 Å². The molecule has 2 N–H and O–H groups in total. The zero-order valence-electron chi connectivity index (χ0n) is 13.4. The van der Waals surface area contributed by atoms with Crippen LogP contribution >= 0.6 is 12.2 Å². The van der Waals surface area contributed by atoms with Crippen molar-refractivity contribution in [2.24, 2.45) is 0 Å². The van der Waals surface area contributed by atoms with Gasteiger partial charge in [-0.2, -0.15) is 0 Å². The van der Waals surface area contributed by atoms with Gasteiger partial charge in [0.1, 0.15) is 6.61 Å². The van der Waals surface area contributed by atoms with E-state index in [4.69, 9.17) is 17.0 Å². The molecule has 6 nitrogen and oxygen atoms in total. The summed E-state index contributed by atoms with van der Waals surface area (Å²) >= 11 is 5.33. The van der Waals surface area contributed by atoms with Crippen LogP contribution in [0.3, 0.4) is 0 Å². The Morgan fingerprint density at radius 2 is 2.04 bits per heavy atom. The molecule has 2 heterocycles. The molecule has 0 saturated heterocycles. The number of esters is 1. The first-order valence-corrected chi connectivity index (χ1v) is 8.02. The van der Waals surface area contributed by atoms with Gasteiger partial charge in [0.2, 0.25) is 0 Å². The Morgan fingerprint density at radius 3 is 2.71 bits per heavy atom. The summed E-state index contributed by atoms with van der Waals surface area (Å²) in [6, 6.07) is 7.83. The van der Waals surface area contributed by atoms with Crippen molar-refractivity contribution in [3.05, 3.63) is 60.2 Å². The average molecular weight is 344 g/mol. The molecule has 0 amide bonds. The average Bonchev–Trinajstić information content (AvgIpc) is 2.60. The Bertz CT molecular complexity index is 652. The fourth-order valence-electron chi connectivity index (χ4n) is 2.16. The van der Waals surface area contributed by atoms with Crippen LogP contribution in [0.15, 0.2) is 49.1 Å². The smallest absolute Gasteiger partial charge is 0.302 e. The van der Waals surface area contributed by atoms with Crippen LogP contribution < -0.4 is 10.6 Å². The van der Waals surface area contributed by atoms with Crippen molar-refractivity contribution in [3.63, 3.8) is 0 Å². The highest BCUT2D eigenvalue weighted by atomic mass is 32.1. The number of carbonyl (C=O) groups excluding carboxylic acids is 1. The number of rotatable bonds is 7. The van der Waals surface area contributed by atoms with Crippen LogP contribution in [-0.2, 0) is 16.0 Å². The Balaban J connectivity index is 1.96. The molecule has 0 aliphatic heterocycles. The number of ether oxygens (including phenoxy) is 1. The first kappa shape index (κ1) is 17.8. The van der Waals surface area contributed by atoms with Crippen molar-refractivity contribution in [3.8, 4) is 0 Å². The predicted molar refractivity (Wildman–Crippen MR) is 95.3 cm³/mol. The number of pyridine rings is 2. The van der Waals surface area contributed by atoms with E-state index in [0.29, 0.717) is 11.7 Å². The fourth-order valence-corrected chi connectivity index (χ4v) is 2.40. The van der Waals surface area contributed by atoms with Gasteiger partial charge in [0.25, 0.3) is 0 Å². The molecule has 0 aliphatic carbocycles. The van der Waals surface area contributed by atoms with Crippen molar-refractivity contribution in [2.75, 3.05) is 13.2 Å². The first-order valence-electron chi connectivity index (χ1n) is 7.61. The minimum atomic E-state index is -0.304. The van der Waals surface area contributed by atoms with Gasteiger partial charge >= 0.3 is 5.97 Å². The number of hydrogen-bond donors (Lipinski definition) is 2. The number of nitrogens with zero attached hydrogens (tertiary/aromatic N) is 2. The molecule has 1 unspecified atom stereocenters. The van der Waals surface area contributed by atoms with E-state index < -0.39 is 0 Å². The normalized spacial score (nSPS) is 11.4. The highest BCUT2D eigenvalue weighted by Gasteiger charge is 2.13. The maximum Gasteiger partial charge on any atom is 0.302 e. The quantitative estimate of drug-likeness (QED) is 0.450.